The van der Waals surface area contributed by atoms with Gasteiger partial charge in [-0.3, -0.25) is 9.59 Å². The number of allylic oxidation sites excluding steroid dienone is 32. The summed E-state index contributed by atoms with van der Waals surface area (Å²) in [6.45, 7) is 3.83. The van der Waals surface area contributed by atoms with Gasteiger partial charge in [0.1, 0.15) is 6.61 Å². The minimum Gasteiger partial charge on any atom is -0.462 e. The average molecular weight is 986 g/mol. The predicted molar refractivity (Wildman–Crippen MR) is 315 cm³/mol. The number of carbonyl (C=O) groups is 2. The largest absolute Gasteiger partial charge is 0.462 e. The zero-order chi connectivity index (χ0) is 52.0. The minimum atomic E-state index is -0.819. The molecular weight excluding hydrogens is 885 g/mol. The zero-order valence-electron chi connectivity index (χ0n) is 45.3. The van der Waals surface area contributed by atoms with Crippen molar-refractivity contribution in [2.45, 2.75) is 200 Å². The van der Waals surface area contributed by atoms with E-state index >= 15 is 0 Å². The summed E-state index contributed by atoms with van der Waals surface area (Å²) in [7, 11) is 0. The van der Waals surface area contributed by atoms with Crippen LogP contribution in [0.1, 0.15) is 194 Å². The normalized spacial score (nSPS) is 13.8. The third kappa shape index (κ3) is 57.3. The molecule has 0 saturated carbocycles. The number of carbonyl (C=O) groups excluding carboxylic acids is 2. The van der Waals surface area contributed by atoms with Crippen molar-refractivity contribution >= 4 is 11.9 Å². The van der Waals surface area contributed by atoms with E-state index in [0.29, 0.717) is 12.8 Å². The molecule has 0 aromatic carbocycles. The van der Waals surface area contributed by atoms with Crippen molar-refractivity contribution < 1.29 is 24.2 Å². The Morgan fingerprint density at radius 1 is 0.319 bits per heavy atom. The van der Waals surface area contributed by atoms with Crippen molar-refractivity contribution in [3.63, 3.8) is 0 Å². The highest BCUT2D eigenvalue weighted by atomic mass is 16.6. The topological polar surface area (TPSA) is 72.8 Å². The summed E-state index contributed by atoms with van der Waals surface area (Å²) < 4.78 is 10.6. The zero-order valence-corrected chi connectivity index (χ0v) is 45.3. The Labute approximate surface area is 441 Å². The number of hydrogen-bond donors (Lipinski definition) is 1. The lowest BCUT2D eigenvalue weighted by Gasteiger charge is -2.15. The van der Waals surface area contributed by atoms with Gasteiger partial charge in [0.2, 0.25) is 0 Å². The number of ether oxygens (including phenoxy) is 2. The minimum absolute atomic E-state index is 0.115. The van der Waals surface area contributed by atoms with Gasteiger partial charge in [-0.25, -0.2) is 0 Å². The first-order valence-electron chi connectivity index (χ1n) is 28.0. The summed E-state index contributed by atoms with van der Waals surface area (Å²) >= 11 is 0. The van der Waals surface area contributed by atoms with Crippen LogP contribution in [0.4, 0.5) is 0 Å². The van der Waals surface area contributed by atoms with Gasteiger partial charge in [0.25, 0.3) is 0 Å². The molecule has 1 N–H and O–H groups in total. The monoisotopic (exact) mass is 985 g/mol. The molecule has 0 heterocycles. The summed E-state index contributed by atoms with van der Waals surface area (Å²) in [4.78, 5) is 24.5. The Balaban J connectivity index is 3.71. The van der Waals surface area contributed by atoms with E-state index in [-0.39, 0.29) is 31.6 Å². The van der Waals surface area contributed by atoms with Crippen molar-refractivity contribution in [1.82, 2.24) is 0 Å². The van der Waals surface area contributed by atoms with E-state index in [4.69, 9.17) is 9.47 Å². The molecule has 0 amide bonds. The van der Waals surface area contributed by atoms with Crippen LogP contribution in [0.15, 0.2) is 194 Å². The molecule has 0 spiro atoms. The molecule has 0 aliphatic heterocycles. The Hall–Kier alpha value is -5.26. The lowest BCUT2D eigenvalue weighted by Crippen LogP contribution is -2.28. The first-order chi connectivity index (χ1) is 35.6. The average Bonchev–Trinajstić information content (AvgIpc) is 3.38. The van der Waals surface area contributed by atoms with Gasteiger partial charge in [-0.05, 0) is 135 Å². The summed E-state index contributed by atoms with van der Waals surface area (Å²) in [6, 6.07) is 0. The highest BCUT2D eigenvalue weighted by Crippen LogP contribution is 2.12. The van der Waals surface area contributed by atoms with Gasteiger partial charge in [0.05, 0.1) is 6.61 Å². The van der Waals surface area contributed by atoms with Crippen LogP contribution in [0, 0.1) is 0 Å². The fourth-order valence-electron chi connectivity index (χ4n) is 6.77. The van der Waals surface area contributed by atoms with Gasteiger partial charge in [-0.15, -0.1) is 0 Å². The Kier molecular flexibility index (Phi) is 55.7. The molecule has 398 valence electrons. The Morgan fingerprint density at radius 2 is 0.569 bits per heavy atom. The maximum Gasteiger partial charge on any atom is 0.306 e. The van der Waals surface area contributed by atoms with Gasteiger partial charge in [-0.2, -0.15) is 0 Å². The third-order valence-electron chi connectivity index (χ3n) is 10.9. The number of esters is 2. The summed E-state index contributed by atoms with van der Waals surface area (Å²) in [6.07, 6.45) is 96.8. The molecule has 5 nitrogen and oxygen atoms in total. The number of aliphatic hydroxyl groups is 1. The fraction of sp³-hybridized carbons (Fsp3) is 0.493. The van der Waals surface area contributed by atoms with E-state index in [1.807, 2.05) is 0 Å². The number of aliphatic hydroxyl groups excluding tert-OH is 1. The molecule has 0 aromatic heterocycles. The fourth-order valence-corrected chi connectivity index (χ4v) is 6.77. The second-order valence-electron chi connectivity index (χ2n) is 17.5. The number of hydrogen-bond acceptors (Lipinski definition) is 5. The van der Waals surface area contributed by atoms with E-state index in [0.717, 1.165) is 135 Å². The lowest BCUT2D eigenvalue weighted by atomic mass is 10.1. The van der Waals surface area contributed by atoms with E-state index in [1.54, 1.807) is 0 Å². The van der Waals surface area contributed by atoms with E-state index < -0.39 is 6.10 Å². The maximum absolute atomic E-state index is 12.3. The first kappa shape index (κ1) is 66.7. The summed E-state index contributed by atoms with van der Waals surface area (Å²) in [5.74, 6) is -0.691. The van der Waals surface area contributed by atoms with E-state index in [2.05, 4.69) is 208 Å². The predicted octanol–water partition coefficient (Wildman–Crippen LogP) is 19.3. The standard InChI is InChI=1S/C67H100O5/c1-3-5-7-9-11-13-15-17-19-21-23-25-27-28-29-30-31-32-33-34-35-36-37-38-40-42-44-46-48-50-52-54-56-58-60-62-67(70)72-65(63-68)64-71-66(69)61-59-57-55-53-51-49-47-45-43-41-39-26-24-22-20-18-16-14-12-10-8-6-4-2/h5-8,11-14,17-20,23-26,28-29,31-32,34-35,37-38,41-44,47,49,53,55,65,68H,3-4,9-10,15-16,21-22,27,30,33,36,39-40,45-46,48,50-52,54,56-64H2,1-2H3/b7-5-,8-6-,13-11-,14-12-,19-17-,20-18-,25-23-,26-24-,29-28-,32-31-,35-34-,38-37-,43-41-,44-42-,49-47-,55-53-. The highest BCUT2D eigenvalue weighted by molar-refractivity contribution is 5.70. The lowest BCUT2D eigenvalue weighted by molar-refractivity contribution is -0.161. The second kappa shape index (κ2) is 60.0. The van der Waals surface area contributed by atoms with Gasteiger partial charge in [0, 0.05) is 12.8 Å². The molecule has 0 radical (unpaired) electrons. The molecule has 0 rings (SSSR count). The summed E-state index contributed by atoms with van der Waals surface area (Å²) in [5, 5.41) is 9.64. The van der Waals surface area contributed by atoms with Gasteiger partial charge in [-0.1, -0.05) is 240 Å². The smallest absolute Gasteiger partial charge is 0.306 e. The van der Waals surface area contributed by atoms with E-state index in [1.165, 1.54) is 25.7 Å². The molecule has 0 aliphatic carbocycles. The first-order valence-corrected chi connectivity index (χ1v) is 28.0. The van der Waals surface area contributed by atoms with Crippen LogP contribution in [0.5, 0.6) is 0 Å². The summed E-state index contributed by atoms with van der Waals surface area (Å²) in [5.41, 5.74) is 0. The number of unbranched alkanes of at least 4 members (excludes halogenated alkanes) is 8. The highest BCUT2D eigenvalue weighted by Gasteiger charge is 2.16. The van der Waals surface area contributed by atoms with E-state index in [9.17, 15) is 14.7 Å². The van der Waals surface area contributed by atoms with Crippen LogP contribution in [0.25, 0.3) is 0 Å². The SMILES string of the molecule is CC/C=C\C/C=C\C/C=C\C/C=C\C/C=C\C/C=C\C/C=C\C/C=C\C/C=C\CCCCCCCCCC(=O)OC(CO)COC(=O)CCC/C=C\C/C=C\C/C=C\C/C=C\C/C=C\C/C=C\C/C=C\CC. The molecule has 0 aromatic rings. The maximum atomic E-state index is 12.3. The van der Waals surface area contributed by atoms with Crippen LogP contribution >= 0.6 is 0 Å². The van der Waals surface area contributed by atoms with Gasteiger partial charge in [0.15, 0.2) is 6.10 Å². The molecule has 0 aliphatic rings. The van der Waals surface area contributed by atoms with Gasteiger partial charge < -0.3 is 14.6 Å². The molecule has 72 heavy (non-hydrogen) atoms. The molecule has 5 heteroatoms. The quantitative estimate of drug-likeness (QED) is 0.0374. The molecule has 0 fully saturated rings. The van der Waals surface area contributed by atoms with Crippen molar-refractivity contribution in [3.8, 4) is 0 Å². The van der Waals surface area contributed by atoms with Crippen LogP contribution in [-0.2, 0) is 19.1 Å². The molecule has 0 saturated heterocycles. The Morgan fingerprint density at radius 3 is 0.875 bits per heavy atom. The van der Waals surface area contributed by atoms with Crippen LogP contribution in [-0.4, -0.2) is 36.4 Å². The molecular formula is C67H100O5. The Bertz CT molecular complexity index is 1730. The van der Waals surface area contributed by atoms with Crippen molar-refractivity contribution in [2.24, 2.45) is 0 Å². The van der Waals surface area contributed by atoms with Crippen LogP contribution < -0.4 is 0 Å². The number of rotatable bonds is 48. The van der Waals surface area contributed by atoms with Crippen molar-refractivity contribution in [2.75, 3.05) is 13.2 Å². The molecule has 1 atom stereocenters. The van der Waals surface area contributed by atoms with Gasteiger partial charge >= 0.3 is 11.9 Å². The van der Waals surface area contributed by atoms with Crippen LogP contribution in [0.3, 0.4) is 0 Å². The molecule has 1 unspecified atom stereocenters. The van der Waals surface area contributed by atoms with Crippen molar-refractivity contribution in [1.29, 1.82) is 0 Å². The second-order valence-corrected chi connectivity index (χ2v) is 17.5. The van der Waals surface area contributed by atoms with Crippen molar-refractivity contribution in [3.05, 3.63) is 194 Å². The molecule has 0 bridgehead atoms. The van der Waals surface area contributed by atoms with Crippen LogP contribution in [0.2, 0.25) is 0 Å². The third-order valence-corrected chi connectivity index (χ3v) is 10.9.